The first-order valence-electron chi connectivity index (χ1n) is 6.70. The number of amides is 1. The Kier molecular flexibility index (Phi) is 4.11. The van der Waals surface area contributed by atoms with Crippen molar-refractivity contribution < 1.29 is 4.79 Å². The summed E-state index contributed by atoms with van der Waals surface area (Å²) in [5, 5.41) is 4.67. The SMILES string of the molecule is O=C(NCc1ccccc1)c1cc(-c2cccs2)[nH]c(=O)n1. The molecule has 0 aliphatic heterocycles. The quantitative estimate of drug-likeness (QED) is 0.777. The van der Waals surface area contributed by atoms with Crippen LogP contribution in [-0.2, 0) is 6.54 Å². The first-order valence-corrected chi connectivity index (χ1v) is 7.58. The highest BCUT2D eigenvalue weighted by atomic mass is 32.1. The third kappa shape index (κ3) is 3.29. The van der Waals surface area contributed by atoms with Gasteiger partial charge in [0.25, 0.3) is 5.91 Å². The lowest BCUT2D eigenvalue weighted by atomic mass is 10.2. The van der Waals surface area contributed by atoms with Crippen LogP contribution >= 0.6 is 11.3 Å². The maximum absolute atomic E-state index is 12.2. The van der Waals surface area contributed by atoms with Gasteiger partial charge < -0.3 is 10.3 Å². The molecule has 2 aromatic heterocycles. The fraction of sp³-hybridized carbons (Fsp3) is 0.0625. The maximum Gasteiger partial charge on any atom is 0.346 e. The van der Waals surface area contributed by atoms with Gasteiger partial charge in [0, 0.05) is 6.54 Å². The molecule has 2 N–H and O–H groups in total. The van der Waals surface area contributed by atoms with Crippen LogP contribution in [0, 0.1) is 0 Å². The van der Waals surface area contributed by atoms with E-state index in [1.165, 1.54) is 11.3 Å². The fourth-order valence-corrected chi connectivity index (χ4v) is 2.71. The van der Waals surface area contributed by atoms with Crippen molar-refractivity contribution in [1.29, 1.82) is 0 Å². The molecule has 6 heteroatoms. The van der Waals surface area contributed by atoms with Gasteiger partial charge in [0.15, 0.2) is 0 Å². The van der Waals surface area contributed by atoms with Gasteiger partial charge >= 0.3 is 5.69 Å². The zero-order valence-electron chi connectivity index (χ0n) is 11.6. The Morgan fingerprint density at radius 2 is 2.00 bits per heavy atom. The molecule has 22 heavy (non-hydrogen) atoms. The molecule has 1 amide bonds. The molecule has 3 aromatic rings. The molecular weight excluding hydrogens is 298 g/mol. The van der Waals surface area contributed by atoms with Crippen molar-refractivity contribution in [3.8, 4) is 10.6 Å². The van der Waals surface area contributed by atoms with Crippen molar-refractivity contribution in [2.75, 3.05) is 0 Å². The van der Waals surface area contributed by atoms with E-state index in [1.807, 2.05) is 47.8 Å². The summed E-state index contributed by atoms with van der Waals surface area (Å²) >= 11 is 1.49. The van der Waals surface area contributed by atoms with E-state index in [1.54, 1.807) is 6.07 Å². The van der Waals surface area contributed by atoms with Crippen molar-refractivity contribution in [3.63, 3.8) is 0 Å². The molecule has 0 radical (unpaired) electrons. The molecule has 3 rings (SSSR count). The van der Waals surface area contributed by atoms with Gasteiger partial charge in [-0.15, -0.1) is 11.3 Å². The summed E-state index contributed by atoms with van der Waals surface area (Å²) < 4.78 is 0. The number of carbonyl (C=O) groups is 1. The lowest BCUT2D eigenvalue weighted by molar-refractivity contribution is 0.0945. The van der Waals surface area contributed by atoms with Gasteiger partial charge in [-0.25, -0.2) is 4.79 Å². The Hall–Kier alpha value is -2.73. The third-order valence-corrected chi connectivity index (χ3v) is 3.96. The van der Waals surface area contributed by atoms with E-state index in [4.69, 9.17) is 0 Å². The van der Waals surface area contributed by atoms with Crippen LogP contribution in [0.3, 0.4) is 0 Å². The van der Waals surface area contributed by atoms with E-state index in [-0.39, 0.29) is 11.6 Å². The molecule has 0 unspecified atom stereocenters. The summed E-state index contributed by atoms with van der Waals surface area (Å²) in [6.07, 6.45) is 0. The first-order chi connectivity index (χ1) is 10.7. The van der Waals surface area contributed by atoms with Crippen LogP contribution in [0.25, 0.3) is 10.6 Å². The molecule has 0 atom stereocenters. The smallest absolute Gasteiger partial charge is 0.346 e. The van der Waals surface area contributed by atoms with E-state index in [0.717, 1.165) is 10.4 Å². The number of H-pyrrole nitrogens is 1. The van der Waals surface area contributed by atoms with Crippen molar-refractivity contribution in [3.05, 3.63) is 75.7 Å². The number of benzene rings is 1. The Morgan fingerprint density at radius 3 is 2.73 bits per heavy atom. The second-order valence-electron chi connectivity index (χ2n) is 4.63. The zero-order chi connectivity index (χ0) is 15.4. The highest BCUT2D eigenvalue weighted by Crippen LogP contribution is 2.21. The van der Waals surface area contributed by atoms with Gasteiger partial charge in [0.2, 0.25) is 0 Å². The molecule has 0 saturated carbocycles. The first kappa shape index (κ1) is 14.2. The molecule has 0 bridgehead atoms. The minimum absolute atomic E-state index is 0.114. The third-order valence-electron chi connectivity index (χ3n) is 3.06. The zero-order valence-corrected chi connectivity index (χ0v) is 12.4. The van der Waals surface area contributed by atoms with Crippen molar-refractivity contribution in [1.82, 2.24) is 15.3 Å². The van der Waals surface area contributed by atoms with Gasteiger partial charge in [-0.3, -0.25) is 4.79 Å². The number of hydrogen-bond donors (Lipinski definition) is 2. The number of carbonyl (C=O) groups excluding carboxylic acids is 1. The normalized spacial score (nSPS) is 10.4. The van der Waals surface area contributed by atoms with Crippen LogP contribution in [0.5, 0.6) is 0 Å². The minimum atomic E-state index is -0.532. The summed E-state index contributed by atoms with van der Waals surface area (Å²) in [7, 11) is 0. The lowest BCUT2D eigenvalue weighted by Gasteiger charge is -2.05. The largest absolute Gasteiger partial charge is 0.347 e. The molecule has 1 aromatic carbocycles. The van der Waals surface area contributed by atoms with Gasteiger partial charge in [0.1, 0.15) is 5.69 Å². The minimum Gasteiger partial charge on any atom is -0.347 e. The number of thiophene rings is 1. The van der Waals surface area contributed by atoms with Crippen LogP contribution in [0.15, 0.2) is 58.7 Å². The second-order valence-corrected chi connectivity index (χ2v) is 5.58. The number of nitrogens with zero attached hydrogens (tertiary/aromatic N) is 1. The summed E-state index contributed by atoms with van der Waals surface area (Å²) in [5.74, 6) is -0.368. The summed E-state index contributed by atoms with van der Waals surface area (Å²) in [5.41, 5.74) is 1.16. The van der Waals surface area contributed by atoms with Crippen LogP contribution in [-0.4, -0.2) is 15.9 Å². The Balaban J connectivity index is 1.79. The molecule has 110 valence electrons. The predicted octanol–water partition coefficient (Wildman–Crippen LogP) is 2.43. The van der Waals surface area contributed by atoms with Crippen LogP contribution in [0.2, 0.25) is 0 Å². The highest BCUT2D eigenvalue weighted by molar-refractivity contribution is 7.13. The monoisotopic (exact) mass is 311 g/mol. The van der Waals surface area contributed by atoms with Crippen molar-refractivity contribution in [2.45, 2.75) is 6.54 Å². The number of aromatic nitrogens is 2. The summed E-state index contributed by atoms with van der Waals surface area (Å²) in [6.45, 7) is 0.391. The fourth-order valence-electron chi connectivity index (χ4n) is 2.01. The molecule has 0 spiro atoms. The molecular formula is C16H13N3O2S. The van der Waals surface area contributed by atoms with E-state index in [0.29, 0.717) is 12.2 Å². The predicted molar refractivity (Wildman–Crippen MR) is 85.8 cm³/mol. The van der Waals surface area contributed by atoms with E-state index < -0.39 is 5.69 Å². The van der Waals surface area contributed by atoms with Gasteiger partial charge in [-0.05, 0) is 23.1 Å². The Bertz CT molecular complexity index is 826. The van der Waals surface area contributed by atoms with Crippen molar-refractivity contribution in [2.24, 2.45) is 0 Å². The maximum atomic E-state index is 12.2. The Labute approximate surface area is 130 Å². The van der Waals surface area contributed by atoms with Crippen molar-refractivity contribution >= 4 is 17.2 Å². The van der Waals surface area contributed by atoms with E-state index >= 15 is 0 Å². The Morgan fingerprint density at radius 1 is 1.18 bits per heavy atom. The van der Waals surface area contributed by atoms with Gasteiger partial charge in [0.05, 0.1) is 10.6 Å². The second kappa shape index (κ2) is 6.36. The number of rotatable bonds is 4. The average Bonchev–Trinajstić information content (AvgIpc) is 3.07. The van der Waals surface area contributed by atoms with E-state index in [9.17, 15) is 9.59 Å². The summed E-state index contributed by atoms with van der Waals surface area (Å²) in [4.78, 5) is 31.1. The molecule has 0 aliphatic carbocycles. The van der Waals surface area contributed by atoms with Crippen LogP contribution < -0.4 is 11.0 Å². The molecule has 5 nitrogen and oxygen atoms in total. The van der Waals surface area contributed by atoms with E-state index in [2.05, 4.69) is 15.3 Å². The summed E-state index contributed by atoms with van der Waals surface area (Å²) in [6, 6.07) is 14.9. The molecule has 0 fully saturated rings. The van der Waals surface area contributed by atoms with Crippen LogP contribution in [0.1, 0.15) is 16.1 Å². The van der Waals surface area contributed by atoms with Crippen LogP contribution in [0.4, 0.5) is 0 Å². The molecule has 2 heterocycles. The highest BCUT2D eigenvalue weighted by Gasteiger charge is 2.11. The lowest BCUT2D eigenvalue weighted by Crippen LogP contribution is -2.27. The molecule has 0 aliphatic rings. The topological polar surface area (TPSA) is 74.8 Å². The van der Waals surface area contributed by atoms with Gasteiger partial charge in [-0.2, -0.15) is 4.98 Å². The number of nitrogens with one attached hydrogen (secondary N) is 2. The number of hydrogen-bond acceptors (Lipinski definition) is 4. The number of aromatic amines is 1. The average molecular weight is 311 g/mol. The van der Waals surface area contributed by atoms with Gasteiger partial charge in [-0.1, -0.05) is 36.4 Å². The molecule has 0 saturated heterocycles. The standard InChI is InChI=1S/C16H13N3O2S/c20-15(17-10-11-5-2-1-3-6-11)13-9-12(18-16(21)19-13)14-7-4-8-22-14/h1-9H,10H2,(H,17,20)(H,18,19,21).